The van der Waals surface area contributed by atoms with Gasteiger partial charge >= 0.3 is 0 Å². The van der Waals surface area contributed by atoms with E-state index >= 15 is 0 Å². The standard InChI is InChI=1S/C22H29N3O2/c1-4-18-9-7-8-14-25(18)21-13-12-17(15-23-21)22(26)24-19-10-5-6-11-20(19)27-16(2)3/h5-6,10-13,15-16,18H,4,7-9,14H2,1-3H3,(H,24,26). The van der Waals surface area contributed by atoms with Crippen LogP contribution >= 0.6 is 0 Å². The molecule has 1 aromatic carbocycles. The van der Waals surface area contributed by atoms with E-state index in [2.05, 4.69) is 22.1 Å². The van der Waals surface area contributed by atoms with Gasteiger partial charge in [-0.1, -0.05) is 19.1 Å². The van der Waals surface area contributed by atoms with Gasteiger partial charge in [0.05, 0.1) is 17.4 Å². The highest BCUT2D eigenvalue weighted by molar-refractivity contribution is 6.04. The Morgan fingerprint density at radius 3 is 2.78 bits per heavy atom. The number of amides is 1. The smallest absolute Gasteiger partial charge is 0.257 e. The normalized spacial score (nSPS) is 17.0. The van der Waals surface area contributed by atoms with Crippen LogP contribution in [0.15, 0.2) is 42.6 Å². The molecule has 0 spiro atoms. The second-order valence-corrected chi connectivity index (χ2v) is 7.27. The predicted octanol–water partition coefficient (Wildman–Crippen LogP) is 4.89. The summed E-state index contributed by atoms with van der Waals surface area (Å²) in [4.78, 5) is 19.6. The minimum atomic E-state index is -0.181. The number of ether oxygens (including phenoxy) is 1. The fraction of sp³-hybridized carbons (Fsp3) is 0.455. The Labute approximate surface area is 161 Å². The third-order valence-corrected chi connectivity index (χ3v) is 4.90. The highest BCUT2D eigenvalue weighted by Gasteiger charge is 2.22. The molecule has 27 heavy (non-hydrogen) atoms. The molecule has 3 rings (SSSR count). The number of piperidine rings is 1. The summed E-state index contributed by atoms with van der Waals surface area (Å²) in [7, 11) is 0. The third kappa shape index (κ3) is 4.79. The van der Waals surface area contributed by atoms with Crippen LogP contribution in [0.3, 0.4) is 0 Å². The lowest BCUT2D eigenvalue weighted by molar-refractivity contribution is 0.102. The lowest BCUT2D eigenvalue weighted by Gasteiger charge is -2.36. The van der Waals surface area contributed by atoms with E-state index in [0.717, 1.165) is 18.8 Å². The summed E-state index contributed by atoms with van der Waals surface area (Å²) in [5.74, 6) is 1.45. The zero-order chi connectivity index (χ0) is 19.2. The minimum absolute atomic E-state index is 0.0417. The summed E-state index contributed by atoms with van der Waals surface area (Å²) in [5.41, 5.74) is 1.21. The summed E-state index contributed by atoms with van der Waals surface area (Å²) >= 11 is 0. The highest BCUT2D eigenvalue weighted by atomic mass is 16.5. The van der Waals surface area contributed by atoms with Gasteiger partial charge in [-0.25, -0.2) is 4.98 Å². The zero-order valence-corrected chi connectivity index (χ0v) is 16.4. The van der Waals surface area contributed by atoms with Crippen molar-refractivity contribution in [3.05, 3.63) is 48.2 Å². The van der Waals surface area contributed by atoms with Crippen molar-refractivity contribution < 1.29 is 9.53 Å². The van der Waals surface area contributed by atoms with E-state index < -0.39 is 0 Å². The Kier molecular flexibility index (Phi) is 6.32. The number of nitrogens with one attached hydrogen (secondary N) is 1. The van der Waals surface area contributed by atoms with E-state index in [4.69, 9.17) is 4.74 Å². The number of rotatable bonds is 6. The van der Waals surface area contributed by atoms with Crippen LogP contribution in [0.25, 0.3) is 0 Å². The van der Waals surface area contributed by atoms with Gasteiger partial charge in [0.2, 0.25) is 0 Å². The summed E-state index contributed by atoms with van der Waals surface area (Å²) in [5, 5.41) is 2.93. The molecule has 1 fully saturated rings. The van der Waals surface area contributed by atoms with Gasteiger partial charge in [-0.3, -0.25) is 4.79 Å². The monoisotopic (exact) mass is 367 g/mol. The Bertz CT molecular complexity index is 758. The molecule has 0 bridgehead atoms. The maximum atomic E-state index is 12.6. The Hall–Kier alpha value is -2.56. The van der Waals surface area contributed by atoms with E-state index in [1.165, 1.54) is 19.3 Å². The van der Waals surface area contributed by atoms with Gasteiger partial charge in [0.1, 0.15) is 11.6 Å². The maximum absolute atomic E-state index is 12.6. The second kappa shape index (κ2) is 8.89. The van der Waals surface area contributed by atoms with Crippen molar-refractivity contribution in [1.82, 2.24) is 4.98 Å². The van der Waals surface area contributed by atoms with E-state index in [-0.39, 0.29) is 12.0 Å². The number of hydrogen-bond acceptors (Lipinski definition) is 4. The quantitative estimate of drug-likeness (QED) is 0.790. The molecule has 1 N–H and O–H groups in total. The van der Waals surface area contributed by atoms with Gasteiger partial charge in [0.25, 0.3) is 5.91 Å². The van der Waals surface area contributed by atoms with Crippen LogP contribution in [-0.2, 0) is 0 Å². The first-order valence-corrected chi connectivity index (χ1v) is 9.88. The molecule has 1 saturated heterocycles. The van der Waals surface area contributed by atoms with Crippen LogP contribution in [0.1, 0.15) is 56.8 Å². The van der Waals surface area contributed by atoms with Gasteiger partial charge in [-0.2, -0.15) is 0 Å². The van der Waals surface area contributed by atoms with Crippen LogP contribution in [-0.4, -0.2) is 29.6 Å². The Balaban J connectivity index is 1.71. The molecule has 0 saturated carbocycles. The lowest BCUT2D eigenvalue weighted by Crippen LogP contribution is -2.39. The molecule has 5 heteroatoms. The molecule has 1 aromatic heterocycles. The number of hydrogen-bond donors (Lipinski definition) is 1. The van der Waals surface area contributed by atoms with Crippen molar-refractivity contribution in [2.45, 2.75) is 58.6 Å². The van der Waals surface area contributed by atoms with Crippen LogP contribution in [0, 0.1) is 0 Å². The van der Waals surface area contributed by atoms with E-state index in [9.17, 15) is 4.79 Å². The molecule has 2 aromatic rings. The number of carbonyl (C=O) groups is 1. The Morgan fingerprint density at radius 2 is 2.07 bits per heavy atom. The number of benzene rings is 1. The number of nitrogens with zero attached hydrogens (tertiary/aromatic N) is 2. The summed E-state index contributed by atoms with van der Waals surface area (Å²) in [6.07, 6.45) is 6.53. The van der Waals surface area contributed by atoms with Crippen molar-refractivity contribution in [1.29, 1.82) is 0 Å². The van der Waals surface area contributed by atoms with Gasteiger partial charge in [0.15, 0.2) is 0 Å². The SMILES string of the molecule is CCC1CCCCN1c1ccc(C(=O)Nc2ccccc2OC(C)C)cn1. The van der Waals surface area contributed by atoms with E-state index in [1.54, 1.807) is 6.20 Å². The van der Waals surface area contributed by atoms with Gasteiger partial charge < -0.3 is 15.0 Å². The number of para-hydroxylation sites is 2. The summed E-state index contributed by atoms with van der Waals surface area (Å²) in [6.45, 7) is 7.19. The van der Waals surface area contributed by atoms with Crippen molar-refractivity contribution in [2.75, 3.05) is 16.8 Å². The number of anilines is 2. The molecule has 1 amide bonds. The molecule has 144 valence electrons. The third-order valence-electron chi connectivity index (χ3n) is 4.90. The number of pyridine rings is 1. The predicted molar refractivity (Wildman–Crippen MR) is 110 cm³/mol. The molecule has 0 aliphatic carbocycles. The van der Waals surface area contributed by atoms with Gasteiger partial charge in [-0.05, 0) is 63.8 Å². The summed E-state index contributed by atoms with van der Waals surface area (Å²) in [6, 6.07) is 11.8. The van der Waals surface area contributed by atoms with Crippen LogP contribution in [0.2, 0.25) is 0 Å². The lowest BCUT2D eigenvalue weighted by atomic mass is 10.00. The van der Waals surface area contributed by atoms with E-state index in [1.807, 2.05) is 50.2 Å². The first kappa shape index (κ1) is 19.2. The molecule has 1 atom stereocenters. The maximum Gasteiger partial charge on any atom is 0.257 e. The van der Waals surface area contributed by atoms with Crippen LogP contribution in [0.5, 0.6) is 5.75 Å². The average Bonchev–Trinajstić information content (AvgIpc) is 2.69. The van der Waals surface area contributed by atoms with Gasteiger partial charge in [-0.15, -0.1) is 0 Å². The van der Waals surface area contributed by atoms with Crippen molar-refractivity contribution in [3.63, 3.8) is 0 Å². The molecule has 1 aliphatic heterocycles. The average molecular weight is 367 g/mol. The molecular formula is C22H29N3O2. The minimum Gasteiger partial charge on any atom is -0.489 e. The number of aromatic nitrogens is 1. The summed E-state index contributed by atoms with van der Waals surface area (Å²) < 4.78 is 5.77. The fourth-order valence-electron chi connectivity index (χ4n) is 3.54. The first-order chi connectivity index (χ1) is 13.1. The second-order valence-electron chi connectivity index (χ2n) is 7.27. The number of carbonyl (C=O) groups excluding carboxylic acids is 1. The molecule has 1 unspecified atom stereocenters. The molecule has 2 heterocycles. The fourth-order valence-corrected chi connectivity index (χ4v) is 3.54. The van der Waals surface area contributed by atoms with E-state index in [0.29, 0.717) is 23.0 Å². The first-order valence-electron chi connectivity index (χ1n) is 9.88. The van der Waals surface area contributed by atoms with Gasteiger partial charge in [0, 0.05) is 18.8 Å². The molecule has 1 aliphatic rings. The zero-order valence-electron chi connectivity index (χ0n) is 16.4. The van der Waals surface area contributed by atoms with Crippen LogP contribution in [0.4, 0.5) is 11.5 Å². The molecule has 5 nitrogen and oxygen atoms in total. The molecule has 0 radical (unpaired) electrons. The largest absolute Gasteiger partial charge is 0.489 e. The topological polar surface area (TPSA) is 54.5 Å². The van der Waals surface area contributed by atoms with Crippen molar-refractivity contribution >= 4 is 17.4 Å². The highest BCUT2D eigenvalue weighted by Crippen LogP contribution is 2.27. The van der Waals surface area contributed by atoms with Crippen LogP contribution < -0.4 is 15.0 Å². The molecular weight excluding hydrogens is 338 g/mol. The van der Waals surface area contributed by atoms with Crippen molar-refractivity contribution in [2.24, 2.45) is 0 Å². The van der Waals surface area contributed by atoms with Crippen molar-refractivity contribution in [3.8, 4) is 5.75 Å². The Morgan fingerprint density at radius 1 is 1.26 bits per heavy atom.